The van der Waals surface area contributed by atoms with Gasteiger partial charge in [-0.05, 0) is 25.7 Å². The second-order valence-corrected chi connectivity index (χ2v) is 19.2. The Labute approximate surface area is 382 Å². The molecule has 9 heteroatoms. The predicted octanol–water partition coefficient (Wildman–Crippen LogP) is 11.8. The zero-order chi connectivity index (χ0) is 45.3. The molecule has 6 unspecified atom stereocenters. The van der Waals surface area contributed by atoms with E-state index in [-0.39, 0.29) is 5.91 Å². The molecule has 0 aliphatic carbocycles. The molecule has 0 bridgehead atoms. The summed E-state index contributed by atoms with van der Waals surface area (Å²) in [4.78, 5) is 13.1. The molecule has 0 aromatic rings. The first-order valence-electron chi connectivity index (χ1n) is 26.9. The summed E-state index contributed by atoms with van der Waals surface area (Å²) in [5.41, 5.74) is 0. The van der Waals surface area contributed by atoms with Crippen molar-refractivity contribution in [1.29, 1.82) is 0 Å². The summed E-state index contributed by atoms with van der Waals surface area (Å²) in [6.45, 7) is 4.06. The van der Waals surface area contributed by atoms with Crippen molar-refractivity contribution >= 4 is 5.91 Å². The van der Waals surface area contributed by atoms with Crippen LogP contribution >= 0.6 is 0 Å². The molecular formula is C53H103NO8. The second-order valence-electron chi connectivity index (χ2n) is 19.2. The van der Waals surface area contributed by atoms with Crippen LogP contribution in [0.5, 0.6) is 0 Å². The molecule has 62 heavy (non-hydrogen) atoms. The quantitative estimate of drug-likeness (QED) is 0.0235. The van der Waals surface area contributed by atoms with Gasteiger partial charge in [0.15, 0.2) is 0 Å². The molecule has 0 aromatic carbocycles. The Kier molecular flexibility index (Phi) is 40.5. The fraction of sp³-hybridized carbons (Fsp3) is 0.943. The number of nitrogens with one attached hydrogen (secondary N) is 1. The van der Waals surface area contributed by atoms with E-state index in [1.165, 1.54) is 186 Å². The largest absolute Gasteiger partial charge is 0.394 e. The highest BCUT2D eigenvalue weighted by atomic mass is 16.5. The number of hydrogen-bond donors (Lipinski definition) is 7. The molecule has 1 aliphatic rings. The summed E-state index contributed by atoms with van der Waals surface area (Å²) >= 11 is 0. The first-order valence-corrected chi connectivity index (χ1v) is 26.9. The van der Waals surface area contributed by atoms with Crippen molar-refractivity contribution in [3.05, 3.63) is 12.2 Å². The number of hydrogen-bond acceptors (Lipinski definition) is 8. The van der Waals surface area contributed by atoms with E-state index in [1.54, 1.807) is 12.2 Å². The van der Waals surface area contributed by atoms with E-state index >= 15 is 0 Å². The first kappa shape index (κ1) is 58.9. The van der Waals surface area contributed by atoms with E-state index in [2.05, 4.69) is 19.2 Å². The average molecular weight is 882 g/mol. The van der Waals surface area contributed by atoms with E-state index in [4.69, 9.17) is 4.74 Å². The number of carbonyl (C=O) groups is 1. The molecule has 1 saturated heterocycles. The third-order valence-electron chi connectivity index (χ3n) is 13.4. The zero-order valence-electron chi connectivity index (χ0n) is 40.6. The molecule has 7 N–H and O–H groups in total. The molecule has 0 spiro atoms. The van der Waals surface area contributed by atoms with E-state index in [1.807, 2.05) is 0 Å². The third kappa shape index (κ3) is 31.7. The zero-order valence-corrected chi connectivity index (χ0v) is 40.6. The number of rotatable bonds is 45. The number of aliphatic hydroxyl groups excluding tert-OH is 6. The number of amides is 1. The van der Waals surface area contributed by atoms with Crippen molar-refractivity contribution in [1.82, 2.24) is 5.32 Å². The van der Waals surface area contributed by atoms with Crippen molar-refractivity contribution in [3.63, 3.8) is 0 Å². The molecule has 9 nitrogen and oxygen atoms in total. The predicted molar refractivity (Wildman–Crippen MR) is 258 cm³/mol. The second kappa shape index (κ2) is 42.6. The lowest BCUT2D eigenvalue weighted by molar-refractivity contribution is -0.230. The van der Waals surface area contributed by atoms with Crippen molar-refractivity contribution in [2.75, 3.05) is 6.61 Å². The smallest absolute Gasteiger partial charge is 0.220 e. The standard InChI is InChI=1S/C53H103NO8/c1-3-5-7-9-11-13-15-17-18-19-20-21-22-23-24-25-26-27-29-31-33-35-37-43-49(57)54-45(40-38-39-42-47-51(59)53(61)52(60)48(44-55)62-47)50(58)46(56)41-36-34-32-30-28-16-14-12-10-8-6-4-2/h38,40,45-48,50-53,55-56,58-61H,3-37,39,41-44H2,1-2H3,(H,54,57)/b40-38-/t45?,46?,47-,48?,50?,51?,52-,53?/m0/s1. The van der Waals surface area contributed by atoms with Crippen molar-refractivity contribution in [2.45, 2.75) is 313 Å². The molecule has 1 fully saturated rings. The van der Waals surface area contributed by atoms with Gasteiger partial charge in [0.25, 0.3) is 0 Å². The summed E-state index contributed by atoms with van der Waals surface area (Å²) in [7, 11) is 0. The number of aliphatic hydroxyl groups is 6. The Morgan fingerprint density at radius 1 is 0.516 bits per heavy atom. The van der Waals surface area contributed by atoms with Gasteiger partial charge in [0.2, 0.25) is 5.91 Å². The Balaban J connectivity index is 2.30. The van der Waals surface area contributed by atoms with Crippen LogP contribution in [-0.2, 0) is 9.53 Å². The lowest BCUT2D eigenvalue weighted by Crippen LogP contribution is -2.58. The molecule has 1 aliphatic heterocycles. The van der Waals surface area contributed by atoms with E-state index in [0.717, 1.165) is 38.5 Å². The maximum absolute atomic E-state index is 13.1. The lowest BCUT2D eigenvalue weighted by Gasteiger charge is -2.40. The summed E-state index contributed by atoms with van der Waals surface area (Å²) in [6.07, 6.45) is 42.2. The molecule has 1 heterocycles. The monoisotopic (exact) mass is 882 g/mol. The van der Waals surface area contributed by atoms with Gasteiger partial charge in [0.05, 0.1) is 24.9 Å². The maximum Gasteiger partial charge on any atom is 0.220 e. The van der Waals surface area contributed by atoms with Crippen molar-refractivity contribution < 1.29 is 40.2 Å². The highest BCUT2D eigenvalue weighted by Gasteiger charge is 2.42. The number of carbonyl (C=O) groups excluding carboxylic acids is 1. The van der Waals surface area contributed by atoms with Crippen LogP contribution in [0.25, 0.3) is 0 Å². The van der Waals surface area contributed by atoms with Crippen LogP contribution in [0.15, 0.2) is 12.2 Å². The van der Waals surface area contributed by atoms with Gasteiger partial charge in [-0.1, -0.05) is 244 Å². The van der Waals surface area contributed by atoms with Crippen LogP contribution in [-0.4, -0.2) is 91.9 Å². The molecular weight excluding hydrogens is 779 g/mol. The van der Waals surface area contributed by atoms with E-state index in [0.29, 0.717) is 25.7 Å². The van der Waals surface area contributed by atoms with Crippen LogP contribution in [0.4, 0.5) is 0 Å². The fourth-order valence-electron chi connectivity index (χ4n) is 9.10. The van der Waals surface area contributed by atoms with Crippen LogP contribution in [0.2, 0.25) is 0 Å². The summed E-state index contributed by atoms with van der Waals surface area (Å²) in [5, 5.41) is 65.3. The maximum atomic E-state index is 13.1. The summed E-state index contributed by atoms with van der Waals surface area (Å²) in [5.74, 6) is -0.145. The number of allylic oxidation sites excluding steroid dienone is 1. The summed E-state index contributed by atoms with van der Waals surface area (Å²) in [6, 6.07) is -0.769. The lowest BCUT2D eigenvalue weighted by atomic mass is 9.92. The molecule has 8 atom stereocenters. The third-order valence-corrected chi connectivity index (χ3v) is 13.4. The number of ether oxygens (including phenoxy) is 1. The van der Waals surface area contributed by atoms with E-state index in [9.17, 15) is 35.4 Å². The van der Waals surface area contributed by atoms with E-state index < -0.39 is 55.4 Å². The molecule has 368 valence electrons. The first-order chi connectivity index (χ1) is 30.3. The van der Waals surface area contributed by atoms with Crippen LogP contribution < -0.4 is 5.32 Å². The Bertz CT molecular complexity index is 997. The van der Waals surface area contributed by atoms with Gasteiger partial charge >= 0.3 is 0 Å². The molecule has 0 saturated carbocycles. The molecule has 0 radical (unpaired) electrons. The normalized spacial score (nSPS) is 20.8. The van der Waals surface area contributed by atoms with Gasteiger partial charge in [-0.3, -0.25) is 4.79 Å². The van der Waals surface area contributed by atoms with Gasteiger partial charge in [-0.15, -0.1) is 0 Å². The van der Waals surface area contributed by atoms with Gasteiger partial charge < -0.3 is 40.7 Å². The van der Waals surface area contributed by atoms with Gasteiger partial charge in [0, 0.05) is 6.42 Å². The molecule has 1 rings (SSSR count). The minimum atomic E-state index is -1.42. The molecule has 1 amide bonds. The Morgan fingerprint density at radius 2 is 0.871 bits per heavy atom. The SMILES string of the molecule is CCCCCCCCCCCCCCCCCCCCCCCCCC(=O)NC(/C=C\CC[C@@H]1OC(CO)[C@H](O)C(O)C1O)C(O)C(O)CCCCCCCCCCCCCC. The highest BCUT2D eigenvalue weighted by molar-refractivity contribution is 5.76. The molecule has 0 aromatic heterocycles. The average Bonchev–Trinajstić information content (AvgIpc) is 3.27. The summed E-state index contributed by atoms with van der Waals surface area (Å²) < 4.78 is 5.63. The van der Waals surface area contributed by atoms with Crippen molar-refractivity contribution in [2.24, 2.45) is 0 Å². The Morgan fingerprint density at radius 3 is 1.26 bits per heavy atom. The highest BCUT2D eigenvalue weighted by Crippen LogP contribution is 2.25. The van der Waals surface area contributed by atoms with Gasteiger partial charge in [-0.25, -0.2) is 0 Å². The topological polar surface area (TPSA) is 160 Å². The fourth-order valence-corrected chi connectivity index (χ4v) is 9.10. The van der Waals surface area contributed by atoms with Crippen LogP contribution in [0.3, 0.4) is 0 Å². The minimum absolute atomic E-state index is 0.145. The van der Waals surface area contributed by atoms with Gasteiger partial charge in [-0.2, -0.15) is 0 Å². The van der Waals surface area contributed by atoms with Gasteiger partial charge in [0.1, 0.15) is 30.5 Å². The van der Waals surface area contributed by atoms with Crippen molar-refractivity contribution in [3.8, 4) is 0 Å². The number of unbranched alkanes of at least 4 members (excludes halogenated alkanes) is 33. The van der Waals surface area contributed by atoms with Crippen LogP contribution in [0.1, 0.15) is 264 Å². The Hall–Kier alpha value is -1.07. The minimum Gasteiger partial charge on any atom is -0.394 e. The van der Waals surface area contributed by atoms with Crippen LogP contribution in [0, 0.1) is 0 Å².